The lowest BCUT2D eigenvalue weighted by molar-refractivity contribution is 0.202. The Bertz CT molecular complexity index is 514. The Labute approximate surface area is 132 Å². The molecule has 1 atom stereocenters. The molecule has 21 heavy (non-hydrogen) atoms. The van der Waals surface area contributed by atoms with Crippen molar-refractivity contribution in [1.82, 2.24) is 10.0 Å². The fraction of sp³-hybridized carbons (Fsp3) is 0.571. The molecule has 1 unspecified atom stereocenters. The third kappa shape index (κ3) is 5.56. The number of nitrogens with one attached hydrogen (secondary N) is 2. The standard InChI is InChI=1S/C14H22N2O3S.ClH/c1-19-10-8-12-4-6-14(7-5-12)20(17,18)16-13-3-2-9-15-11-13;/h4-7,13,15-16H,2-3,8-11H2,1H3;1H. The summed E-state index contributed by atoms with van der Waals surface area (Å²) in [5.74, 6) is 0. The van der Waals surface area contributed by atoms with Crippen molar-refractivity contribution in [2.24, 2.45) is 0 Å². The zero-order valence-corrected chi connectivity index (χ0v) is 13.8. The second-order valence-electron chi connectivity index (χ2n) is 5.05. The fourth-order valence-corrected chi connectivity index (χ4v) is 3.57. The average molecular weight is 335 g/mol. The number of halogens is 1. The van der Waals surface area contributed by atoms with E-state index in [9.17, 15) is 8.42 Å². The van der Waals surface area contributed by atoms with Gasteiger partial charge in [0.1, 0.15) is 0 Å². The lowest BCUT2D eigenvalue weighted by Gasteiger charge is -2.23. The summed E-state index contributed by atoms with van der Waals surface area (Å²) in [5.41, 5.74) is 1.07. The first kappa shape index (κ1) is 18.4. The van der Waals surface area contributed by atoms with Crippen molar-refractivity contribution >= 4 is 22.4 Å². The van der Waals surface area contributed by atoms with Crippen molar-refractivity contribution in [3.63, 3.8) is 0 Å². The smallest absolute Gasteiger partial charge is 0.240 e. The molecule has 1 saturated heterocycles. The minimum Gasteiger partial charge on any atom is -0.384 e. The van der Waals surface area contributed by atoms with Crippen LogP contribution in [0.3, 0.4) is 0 Å². The van der Waals surface area contributed by atoms with Gasteiger partial charge in [0, 0.05) is 19.7 Å². The summed E-state index contributed by atoms with van der Waals surface area (Å²) in [4.78, 5) is 0.323. The van der Waals surface area contributed by atoms with Crippen LogP contribution in [0.2, 0.25) is 0 Å². The van der Waals surface area contributed by atoms with Crippen LogP contribution in [-0.2, 0) is 21.2 Å². The van der Waals surface area contributed by atoms with Crippen molar-refractivity contribution in [1.29, 1.82) is 0 Å². The van der Waals surface area contributed by atoms with Crippen LogP contribution in [0.25, 0.3) is 0 Å². The summed E-state index contributed by atoms with van der Waals surface area (Å²) in [6.45, 7) is 2.30. The summed E-state index contributed by atoms with van der Waals surface area (Å²) in [6.07, 6.45) is 2.68. The van der Waals surface area contributed by atoms with Crippen LogP contribution in [0.4, 0.5) is 0 Å². The minimum absolute atomic E-state index is 0. The Morgan fingerprint density at radius 3 is 2.62 bits per heavy atom. The van der Waals surface area contributed by atoms with Gasteiger partial charge >= 0.3 is 0 Å². The van der Waals surface area contributed by atoms with Crippen molar-refractivity contribution in [2.75, 3.05) is 26.8 Å². The Morgan fingerprint density at radius 1 is 1.33 bits per heavy atom. The van der Waals surface area contributed by atoms with Gasteiger partial charge in [-0.3, -0.25) is 0 Å². The molecule has 2 N–H and O–H groups in total. The number of hydrogen-bond donors (Lipinski definition) is 2. The van der Waals surface area contributed by atoms with Crippen LogP contribution < -0.4 is 10.0 Å². The van der Waals surface area contributed by atoms with Crippen LogP contribution in [-0.4, -0.2) is 41.3 Å². The molecule has 5 nitrogen and oxygen atoms in total. The van der Waals surface area contributed by atoms with Crippen LogP contribution >= 0.6 is 12.4 Å². The quantitative estimate of drug-likeness (QED) is 0.823. The molecule has 1 heterocycles. The van der Waals surface area contributed by atoms with E-state index in [1.807, 2.05) is 12.1 Å². The molecule has 0 bridgehead atoms. The number of piperidine rings is 1. The highest BCUT2D eigenvalue weighted by atomic mass is 35.5. The summed E-state index contributed by atoms with van der Waals surface area (Å²) < 4.78 is 32.3. The molecule has 0 saturated carbocycles. The van der Waals surface area contributed by atoms with E-state index >= 15 is 0 Å². The van der Waals surface area contributed by atoms with E-state index in [1.54, 1.807) is 19.2 Å². The highest BCUT2D eigenvalue weighted by Crippen LogP contribution is 2.13. The van der Waals surface area contributed by atoms with Crippen LogP contribution in [0.1, 0.15) is 18.4 Å². The SMILES string of the molecule is COCCc1ccc(S(=O)(=O)NC2CCCNC2)cc1.Cl. The molecule has 1 aliphatic rings. The third-order valence-corrected chi connectivity index (χ3v) is 4.98. The Balaban J connectivity index is 0.00000220. The first-order valence-corrected chi connectivity index (χ1v) is 8.41. The lowest BCUT2D eigenvalue weighted by atomic mass is 10.1. The molecular formula is C14H23ClN2O3S. The van der Waals surface area contributed by atoms with Gasteiger partial charge in [0.05, 0.1) is 11.5 Å². The molecule has 1 aliphatic heterocycles. The van der Waals surface area contributed by atoms with Gasteiger partial charge in [-0.25, -0.2) is 13.1 Å². The molecule has 2 rings (SSSR count). The largest absolute Gasteiger partial charge is 0.384 e. The maximum Gasteiger partial charge on any atom is 0.240 e. The number of methoxy groups -OCH3 is 1. The Kier molecular flexibility index (Phi) is 7.62. The normalized spacial score (nSPS) is 19.0. The van der Waals surface area contributed by atoms with E-state index < -0.39 is 10.0 Å². The molecule has 0 aromatic heterocycles. The maximum absolute atomic E-state index is 12.3. The van der Waals surface area contributed by atoms with Gasteiger partial charge in [-0.2, -0.15) is 0 Å². The Morgan fingerprint density at radius 2 is 2.05 bits per heavy atom. The van der Waals surface area contributed by atoms with Crippen molar-refractivity contribution in [3.05, 3.63) is 29.8 Å². The van der Waals surface area contributed by atoms with Gasteiger partial charge in [0.2, 0.25) is 10.0 Å². The third-order valence-electron chi connectivity index (χ3n) is 3.45. The highest BCUT2D eigenvalue weighted by molar-refractivity contribution is 7.89. The average Bonchev–Trinajstić information content (AvgIpc) is 2.46. The summed E-state index contributed by atoms with van der Waals surface area (Å²) >= 11 is 0. The predicted octanol–water partition coefficient (Wildman–Crippen LogP) is 1.33. The Hall–Kier alpha value is -0.660. The molecule has 1 aromatic carbocycles. The first-order chi connectivity index (χ1) is 9.62. The zero-order valence-electron chi connectivity index (χ0n) is 12.2. The van der Waals surface area contributed by atoms with Gasteiger partial charge in [-0.15, -0.1) is 12.4 Å². The molecular weight excluding hydrogens is 312 g/mol. The predicted molar refractivity (Wildman–Crippen MR) is 85.5 cm³/mol. The first-order valence-electron chi connectivity index (χ1n) is 6.93. The van der Waals surface area contributed by atoms with Gasteiger partial charge in [-0.1, -0.05) is 12.1 Å². The number of ether oxygens (including phenoxy) is 1. The number of hydrogen-bond acceptors (Lipinski definition) is 4. The van der Waals surface area contributed by atoms with E-state index in [0.29, 0.717) is 18.0 Å². The van der Waals surface area contributed by atoms with Gasteiger partial charge in [0.15, 0.2) is 0 Å². The minimum atomic E-state index is -3.42. The van der Waals surface area contributed by atoms with E-state index in [2.05, 4.69) is 10.0 Å². The van der Waals surface area contributed by atoms with Gasteiger partial charge in [-0.05, 0) is 43.5 Å². The van der Waals surface area contributed by atoms with E-state index in [0.717, 1.165) is 31.4 Å². The molecule has 0 radical (unpaired) electrons. The monoisotopic (exact) mass is 334 g/mol. The molecule has 7 heteroatoms. The summed E-state index contributed by atoms with van der Waals surface area (Å²) in [5, 5.41) is 3.20. The number of benzene rings is 1. The number of rotatable bonds is 6. The molecule has 0 amide bonds. The zero-order chi connectivity index (χ0) is 14.4. The fourth-order valence-electron chi connectivity index (χ4n) is 2.30. The maximum atomic E-state index is 12.3. The van der Waals surface area contributed by atoms with Crippen molar-refractivity contribution in [2.45, 2.75) is 30.2 Å². The number of sulfonamides is 1. The lowest BCUT2D eigenvalue weighted by Crippen LogP contribution is -2.45. The van der Waals surface area contributed by atoms with E-state index in [-0.39, 0.29) is 18.4 Å². The van der Waals surface area contributed by atoms with Crippen molar-refractivity contribution in [3.8, 4) is 0 Å². The summed E-state index contributed by atoms with van der Waals surface area (Å²) in [6, 6.07) is 6.98. The van der Waals surface area contributed by atoms with Crippen LogP contribution in [0.15, 0.2) is 29.2 Å². The van der Waals surface area contributed by atoms with E-state index in [4.69, 9.17) is 4.74 Å². The molecule has 1 fully saturated rings. The highest BCUT2D eigenvalue weighted by Gasteiger charge is 2.21. The van der Waals surface area contributed by atoms with Crippen molar-refractivity contribution < 1.29 is 13.2 Å². The summed E-state index contributed by atoms with van der Waals surface area (Å²) in [7, 11) is -1.76. The topological polar surface area (TPSA) is 67.4 Å². The second-order valence-corrected chi connectivity index (χ2v) is 6.77. The van der Waals surface area contributed by atoms with Gasteiger partial charge < -0.3 is 10.1 Å². The van der Waals surface area contributed by atoms with Crippen LogP contribution in [0.5, 0.6) is 0 Å². The van der Waals surface area contributed by atoms with E-state index in [1.165, 1.54) is 0 Å². The molecule has 1 aromatic rings. The molecule has 120 valence electrons. The second kappa shape index (κ2) is 8.70. The van der Waals surface area contributed by atoms with Crippen LogP contribution in [0, 0.1) is 0 Å². The van der Waals surface area contributed by atoms with Gasteiger partial charge in [0.25, 0.3) is 0 Å². The molecule has 0 spiro atoms. The molecule has 0 aliphatic carbocycles.